The minimum Gasteiger partial charge on any atom is -0.493 e. The zero-order valence-electron chi connectivity index (χ0n) is 22.9. The van der Waals surface area contributed by atoms with E-state index in [0.29, 0.717) is 0 Å². The molecule has 0 amide bonds. The molecule has 0 saturated heterocycles. The molecule has 0 aliphatic rings. The molecule has 0 fully saturated rings. The molecule has 0 unspecified atom stereocenters. The molecule has 0 bridgehead atoms. The molecule has 0 atom stereocenters. The highest BCUT2D eigenvalue weighted by atomic mass is 16.5. The molecule has 0 saturated carbocycles. The monoisotopic (exact) mass is 486 g/mol. The predicted octanol–water partition coefficient (Wildman–Crippen LogP) is 9.11. The van der Waals surface area contributed by atoms with Crippen LogP contribution in [0.3, 0.4) is 0 Å². The van der Waals surface area contributed by atoms with Crippen molar-refractivity contribution in [2.45, 2.75) is 67.2 Å². The Morgan fingerprint density at radius 1 is 0.667 bits per heavy atom. The fourth-order valence-corrected chi connectivity index (χ4v) is 5.58. The quantitative estimate of drug-likeness (QED) is 0.221. The highest BCUT2D eigenvalue weighted by molar-refractivity contribution is 6.11. The van der Waals surface area contributed by atoms with Crippen molar-refractivity contribution in [2.24, 2.45) is 0 Å². The van der Waals surface area contributed by atoms with E-state index in [-0.39, 0.29) is 0 Å². The lowest BCUT2D eigenvalue weighted by molar-refractivity contribution is 0.404. The summed E-state index contributed by atoms with van der Waals surface area (Å²) in [6, 6.07) is 0. The molecule has 0 N–H and O–H groups in total. The highest BCUT2D eigenvalue weighted by Gasteiger charge is 2.28. The van der Waals surface area contributed by atoms with Crippen LogP contribution in [0.15, 0.2) is 45.7 Å². The van der Waals surface area contributed by atoms with Crippen LogP contribution in [0.1, 0.15) is 60.1 Å². The normalized spacial score (nSPS) is 12.1. The Hall–Kier alpha value is -3.40. The molecule has 4 rings (SSSR count). The van der Waals surface area contributed by atoms with E-state index >= 15 is 0 Å². The number of ether oxygens (including phenoxy) is 2. The predicted molar refractivity (Wildman–Crippen MR) is 150 cm³/mol. The van der Waals surface area contributed by atoms with E-state index in [1.807, 2.05) is 12.5 Å². The zero-order valence-corrected chi connectivity index (χ0v) is 22.9. The summed E-state index contributed by atoms with van der Waals surface area (Å²) in [6.45, 7) is 12.8. The van der Waals surface area contributed by atoms with Crippen LogP contribution in [0.25, 0.3) is 33.1 Å². The molecule has 190 valence electrons. The van der Waals surface area contributed by atoms with Gasteiger partial charge < -0.3 is 18.3 Å². The summed E-state index contributed by atoms with van der Waals surface area (Å²) in [4.78, 5) is 0. The van der Waals surface area contributed by atoms with Crippen LogP contribution in [0.2, 0.25) is 0 Å². The standard InChI is InChI=1S/C32H38O4/c1-9-11-13-15-23-21(5)27(25-19(3)17-35-31(25)29(23)33-7)28-22(6)24(16-14-12-10-2)30(34-8)32-26(28)20(4)18-36-32/h9-12,17-18H,13-16H2,1-8H3. The van der Waals surface area contributed by atoms with Crippen molar-refractivity contribution >= 4 is 21.9 Å². The summed E-state index contributed by atoms with van der Waals surface area (Å²) in [6.07, 6.45) is 15.9. The fraction of sp³-hybridized carbons (Fsp3) is 0.375. The lowest BCUT2D eigenvalue weighted by atomic mass is 9.83. The van der Waals surface area contributed by atoms with Gasteiger partial charge in [-0.25, -0.2) is 0 Å². The minimum atomic E-state index is 0.811. The number of allylic oxidation sites excluding steroid dienone is 4. The van der Waals surface area contributed by atoms with E-state index in [1.165, 1.54) is 33.4 Å². The SMILES string of the molecule is CC=CCCc1c(C)c(-c2c(C)c(CCC=CC)c(OC)c3occ(C)c23)c2c(C)coc2c1OC. The van der Waals surface area contributed by atoms with E-state index in [9.17, 15) is 0 Å². The van der Waals surface area contributed by atoms with E-state index < -0.39 is 0 Å². The van der Waals surface area contributed by atoms with Crippen LogP contribution in [0.5, 0.6) is 11.5 Å². The number of hydrogen-bond acceptors (Lipinski definition) is 4. The zero-order chi connectivity index (χ0) is 26.0. The van der Waals surface area contributed by atoms with Gasteiger partial charge in [0.2, 0.25) is 0 Å². The van der Waals surface area contributed by atoms with E-state index in [0.717, 1.165) is 70.2 Å². The third-order valence-electron chi connectivity index (χ3n) is 7.32. The van der Waals surface area contributed by atoms with Gasteiger partial charge in [-0.15, -0.1) is 0 Å². The fourth-order valence-electron chi connectivity index (χ4n) is 5.58. The molecular weight excluding hydrogens is 448 g/mol. The Labute approximate surface area is 214 Å². The van der Waals surface area contributed by atoms with Gasteiger partial charge in [-0.05, 0) is 101 Å². The van der Waals surface area contributed by atoms with Gasteiger partial charge in [-0.2, -0.15) is 0 Å². The van der Waals surface area contributed by atoms with Gasteiger partial charge in [0.1, 0.15) is 0 Å². The number of hydrogen-bond donors (Lipinski definition) is 0. The molecule has 0 aliphatic carbocycles. The average molecular weight is 487 g/mol. The summed E-state index contributed by atoms with van der Waals surface area (Å²) in [7, 11) is 3.47. The maximum atomic E-state index is 6.15. The van der Waals surface area contributed by atoms with E-state index in [4.69, 9.17) is 18.3 Å². The van der Waals surface area contributed by atoms with Crippen LogP contribution in [-0.4, -0.2) is 14.2 Å². The molecule has 4 heteroatoms. The topological polar surface area (TPSA) is 44.7 Å². The van der Waals surface area contributed by atoms with Crippen molar-refractivity contribution < 1.29 is 18.3 Å². The van der Waals surface area contributed by atoms with Crippen LogP contribution in [0.4, 0.5) is 0 Å². The van der Waals surface area contributed by atoms with Gasteiger partial charge in [-0.1, -0.05) is 24.3 Å². The Morgan fingerprint density at radius 3 is 1.39 bits per heavy atom. The summed E-state index contributed by atoms with van der Waals surface area (Å²) in [5, 5.41) is 2.21. The first-order chi connectivity index (χ1) is 17.4. The number of rotatable bonds is 9. The summed E-state index contributed by atoms with van der Waals surface area (Å²) >= 11 is 0. The highest BCUT2D eigenvalue weighted by Crippen LogP contribution is 2.50. The molecule has 2 heterocycles. The van der Waals surface area contributed by atoms with Crippen LogP contribution >= 0.6 is 0 Å². The lowest BCUT2D eigenvalue weighted by Gasteiger charge is -2.22. The minimum absolute atomic E-state index is 0.811. The molecule has 4 nitrogen and oxygen atoms in total. The first-order valence-electron chi connectivity index (χ1n) is 12.8. The molecule has 2 aromatic heterocycles. The van der Waals surface area contributed by atoms with Crippen LogP contribution < -0.4 is 9.47 Å². The average Bonchev–Trinajstić information content (AvgIpc) is 3.43. The second kappa shape index (κ2) is 10.7. The number of fused-ring (bicyclic) bond motifs is 2. The molecule has 0 spiro atoms. The third-order valence-corrected chi connectivity index (χ3v) is 7.32. The van der Waals surface area contributed by atoms with E-state index in [2.05, 4.69) is 65.8 Å². The molecule has 4 aromatic rings. The van der Waals surface area contributed by atoms with Crippen molar-refractivity contribution in [2.75, 3.05) is 14.2 Å². The van der Waals surface area contributed by atoms with Crippen LogP contribution in [0, 0.1) is 27.7 Å². The van der Waals surface area contributed by atoms with Gasteiger partial charge in [0.15, 0.2) is 22.7 Å². The molecule has 0 radical (unpaired) electrons. The number of methoxy groups -OCH3 is 2. The molecule has 0 aliphatic heterocycles. The van der Waals surface area contributed by atoms with Crippen molar-refractivity contribution in [3.63, 3.8) is 0 Å². The smallest absolute Gasteiger partial charge is 0.176 e. The Balaban J connectivity index is 2.17. The summed E-state index contributed by atoms with van der Waals surface area (Å²) < 4.78 is 24.2. The first-order valence-corrected chi connectivity index (χ1v) is 12.8. The Kier molecular flexibility index (Phi) is 7.63. The largest absolute Gasteiger partial charge is 0.493 e. The van der Waals surface area contributed by atoms with Gasteiger partial charge in [0.25, 0.3) is 0 Å². The second-order valence-electron chi connectivity index (χ2n) is 9.48. The Morgan fingerprint density at radius 2 is 1.06 bits per heavy atom. The van der Waals surface area contributed by atoms with Gasteiger partial charge in [0.05, 0.1) is 26.7 Å². The van der Waals surface area contributed by atoms with Crippen molar-refractivity contribution in [1.82, 2.24) is 0 Å². The van der Waals surface area contributed by atoms with Crippen LogP contribution in [-0.2, 0) is 12.8 Å². The van der Waals surface area contributed by atoms with Gasteiger partial charge in [-0.3, -0.25) is 0 Å². The Bertz CT molecular complexity index is 1350. The lowest BCUT2D eigenvalue weighted by Crippen LogP contribution is -2.04. The van der Waals surface area contributed by atoms with E-state index in [1.54, 1.807) is 14.2 Å². The molecule has 2 aromatic carbocycles. The van der Waals surface area contributed by atoms with Crippen molar-refractivity contribution in [3.05, 3.63) is 70.2 Å². The maximum Gasteiger partial charge on any atom is 0.176 e. The van der Waals surface area contributed by atoms with Gasteiger partial charge in [0, 0.05) is 21.9 Å². The number of benzene rings is 2. The second-order valence-corrected chi connectivity index (χ2v) is 9.48. The maximum absolute atomic E-state index is 6.15. The molecule has 36 heavy (non-hydrogen) atoms. The summed E-state index contributed by atoms with van der Waals surface area (Å²) in [5.41, 5.74) is 11.1. The first kappa shape index (κ1) is 25.7. The summed E-state index contributed by atoms with van der Waals surface area (Å²) in [5.74, 6) is 1.67. The van der Waals surface area contributed by atoms with Crippen molar-refractivity contribution in [3.8, 4) is 22.6 Å². The number of furan rings is 2. The van der Waals surface area contributed by atoms with Crippen molar-refractivity contribution in [1.29, 1.82) is 0 Å². The van der Waals surface area contributed by atoms with Gasteiger partial charge >= 0.3 is 0 Å². The third kappa shape index (κ3) is 4.13. The number of aryl methyl sites for hydroxylation is 2. The molecular formula is C32H38O4.